The average molecular weight is 354 g/mol. The number of nitrogens with one attached hydrogen (secondary N) is 1. The van der Waals surface area contributed by atoms with Gasteiger partial charge >= 0.3 is 17.9 Å². The lowest BCUT2D eigenvalue weighted by Crippen LogP contribution is -2.53. The predicted octanol–water partition coefficient (Wildman–Crippen LogP) is 1.89. The Morgan fingerprint density at radius 2 is 1.79 bits per heavy atom. The second kappa shape index (κ2) is 8.01. The van der Waals surface area contributed by atoms with E-state index in [1.165, 1.54) is 9.80 Å². The van der Waals surface area contributed by atoms with Crippen LogP contribution < -0.4 is 5.32 Å². The van der Waals surface area contributed by atoms with Gasteiger partial charge < -0.3 is 19.9 Å². The van der Waals surface area contributed by atoms with Gasteiger partial charge in [-0.1, -0.05) is 11.6 Å². The monoisotopic (exact) mass is 353 g/mol. The Labute approximate surface area is 145 Å². The van der Waals surface area contributed by atoms with E-state index in [0.717, 1.165) is 5.56 Å². The van der Waals surface area contributed by atoms with Gasteiger partial charge in [-0.25, -0.2) is 4.79 Å². The van der Waals surface area contributed by atoms with E-state index in [4.69, 9.17) is 16.3 Å². The molecule has 1 aromatic rings. The number of piperazine rings is 1. The number of aryl methyl sites for hydroxylation is 1. The fourth-order valence-corrected chi connectivity index (χ4v) is 2.62. The van der Waals surface area contributed by atoms with E-state index in [9.17, 15) is 14.4 Å². The van der Waals surface area contributed by atoms with E-state index in [-0.39, 0.29) is 0 Å². The Bertz CT molecular complexity index is 642. The van der Waals surface area contributed by atoms with E-state index >= 15 is 0 Å². The highest BCUT2D eigenvalue weighted by molar-refractivity contribution is 6.39. The Balaban J connectivity index is 1.90. The summed E-state index contributed by atoms with van der Waals surface area (Å²) in [5.74, 6) is -1.32. The molecule has 1 fully saturated rings. The first-order valence-electron chi connectivity index (χ1n) is 7.70. The van der Waals surface area contributed by atoms with Gasteiger partial charge in [-0.15, -0.1) is 0 Å². The summed E-state index contributed by atoms with van der Waals surface area (Å²) in [7, 11) is 0. The summed E-state index contributed by atoms with van der Waals surface area (Å²) < 4.78 is 4.92. The smallest absolute Gasteiger partial charge is 0.409 e. The van der Waals surface area contributed by atoms with Crippen LogP contribution in [0.1, 0.15) is 12.5 Å². The molecule has 130 valence electrons. The van der Waals surface area contributed by atoms with Gasteiger partial charge in [-0.05, 0) is 37.6 Å². The molecule has 8 heteroatoms. The van der Waals surface area contributed by atoms with Crippen LogP contribution in [0, 0.1) is 6.92 Å². The molecule has 0 bridgehead atoms. The molecule has 0 aromatic heterocycles. The molecule has 2 rings (SSSR count). The van der Waals surface area contributed by atoms with Crippen LogP contribution in [0.2, 0.25) is 5.02 Å². The van der Waals surface area contributed by atoms with E-state index < -0.39 is 17.9 Å². The Hall–Kier alpha value is -2.28. The maximum Gasteiger partial charge on any atom is 0.409 e. The van der Waals surface area contributed by atoms with Crippen LogP contribution >= 0.6 is 11.6 Å². The summed E-state index contributed by atoms with van der Waals surface area (Å²) in [5, 5.41) is 3.16. The van der Waals surface area contributed by atoms with Crippen LogP contribution in [0.5, 0.6) is 0 Å². The SMILES string of the molecule is CCOC(=O)N1CCN(C(=O)C(=O)Nc2ccc(Cl)cc2C)CC1. The van der Waals surface area contributed by atoms with Crippen molar-refractivity contribution in [1.82, 2.24) is 9.80 Å². The third-order valence-corrected chi connectivity index (χ3v) is 3.96. The minimum Gasteiger partial charge on any atom is -0.450 e. The van der Waals surface area contributed by atoms with E-state index in [0.29, 0.717) is 43.5 Å². The summed E-state index contributed by atoms with van der Waals surface area (Å²) in [6, 6.07) is 5.01. The number of hydrogen-bond donors (Lipinski definition) is 1. The second-order valence-corrected chi connectivity index (χ2v) is 5.83. The Kier molecular flexibility index (Phi) is 6.03. The van der Waals surface area contributed by atoms with Gasteiger partial charge in [0.05, 0.1) is 6.61 Å². The van der Waals surface area contributed by atoms with Crippen molar-refractivity contribution >= 4 is 35.2 Å². The number of amides is 3. The molecular weight excluding hydrogens is 334 g/mol. The Morgan fingerprint density at radius 1 is 1.17 bits per heavy atom. The number of nitrogens with zero attached hydrogens (tertiary/aromatic N) is 2. The van der Waals surface area contributed by atoms with Gasteiger partial charge in [0.1, 0.15) is 0 Å². The summed E-state index contributed by atoms with van der Waals surface area (Å²) in [6.45, 7) is 5.12. The molecule has 24 heavy (non-hydrogen) atoms. The number of carbonyl (C=O) groups excluding carboxylic acids is 3. The van der Waals surface area contributed by atoms with E-state index in [1.54, 1.807) is 32.0 Å². The van der Waals surface area contributed by atoms with Crippen molar-refractivity contribution in [3.63, 3.8) is 0 Å². The number of ether oxygens (including phenoxy) is 1. The summed E-state index contributed by atoms with van der Waals surface area (Å²) in [4.78, 5) is 38.9. The van der Waals surface area contributed by atoms with Gasteiger partial charge in [0.2, 0.25) is 0 Å². The van der Waals surface area contributed by atoms with Gasteiger partial charge in [-0.2, -0.15) is 0 Å². The normalized spacial score (nSPS) is 14.3. The number of halogens is 1. The molecule has 1 heterocycles. The lowest BCUT2D eigenvalue weighted by molar-refractivity contribution is -0.144. The molecule has 1 aliphatic heterocycles. The molecule has 7 nitrogen and oxygen atoms in total. The maximum absolute atomic E-state index is 12.2. The first-order valence-corrected chi connectivity index (χ1v) is 8.08. The van der Waals surface area contributed by atoms with E-state index in [2.05, 4.69) is 5.32 Å². The number of hydrogen-bond acceptors (Lipinski definition) is 4. The summed E-state index contributed by atoms with van der Waals surface area (Å²) >= 11 is 5.87. The number of anilines is 1. The third-order valence-electron chi connectivity index (χ3n) is 3.72. The zero-order valence-corrected chi connectivity index (χ0v) is 14.4. The van der Waals surface area contributed by atoms with Gasteiger partial charge in [-0.3, -0.25) is 9.59 Å². The quantitative estimate of drug-likeness (QED) is 0.823. The van der Waals surface area contributed by atoms with Crippen molar-refractivity contribution in [2.45, 2.75) is 13.8 Å². The lowest BCUT2D eigenvalue weighted by Gasteiger charge is -2.33. The van der Waals surface area contributed by atoms with Crippen molar-refractivity contribution < 1.29 is 19.1 Å². The number of benzene rings is 1. The van der Waals surface area contributed by atoms with Crippen LogP contribution in [0.25, 0.3) is 0 Å². The molecule has 0 unspecified atom stereocenters. The largest absolute Gasteiger partial charge is 0.450 e. The minimum atomic E-state index is -0.704. The predicted molar refractivity (Wildman–Crippen MR) is 90.0 cm³/mol. The summed E-state index contributed by atoms with van der Waals surface area (Å²) in [5.41, 5.74) is 1.32. The zero-order chi connectivity index (χ0) is 17.7. The van der Waals surface area contributed by atoms with Crippen LogP contribution in [0.3, 0.4) is 0 Å². The van der Waals surface area contributed by atoms with Crippen molar-refractivity contribution in [1.29, 1.82) is 0 Å². The number of rotatable bonds is 2. The highest BCUT2D eigenvalue weighted by atomic mass is 35.5. The fraction of sp³-hybridized carbons (Fsp3) is 0.438. The molecule has 1 aliphatic rings. The molecule has 0 radical (unpaired) electrons. The molecule has 3 amide bonds. The maximum atomic E-state index is 12.2. The van der Waals surface area contributed by atoms with Crippen LogP contribution in [-0.2, 0) is 14.3 Å². The van der Waals surface area contributed by atoms with Crippen LogP contribution in [-0.4, -0.2) is 60.5 Å². The molecule has 0 saturated carbocycles. The van der Waals surface area contributed by atoms with Crippen molar-refractivity contribution in [2.24, 2.45) is 0 Å². The molecule has 1 aromatic carbocycles. The van der Waals surface area contributed by atoms with Gasteiger partial charge in [0.15, 0.2) is 0 Å². The molecule has 0 aliphatic carbocycles. The van der Waals surface area contributed by atoms with Crippen molar-refractivity contribution in [3.8, 4) is 0 Å². The summed E-state index contributed by atoms with van der Waals surface area (Å²) in [6.07, 6.45) is -0.397. The van der Waals surface area contributed by atoms with Gasteiger partial charge in [0, 0.05) is 36.9 Å². The third kappa shape index (κ3) is 4.38. The van der Waals surface area contributed by atoms with Crippen LogP contribution in [0.15, 0.2) is 18.2 Å². The van der Waals surface area contributed by atoms with Crippen molar-refractivity contribution in [3.05, 3.63) is 28.8 Å². The first kappa shape index (κ1) is 18.1. The van der Waals surface area contributed by atoms with Gasteiger partial charge in [0.25, 0.3) is 0 Å². The van der Waals surface area contributed by atoms with Crippen molar-refractivity contribution in [2.75, 3.05) is 38.1 Å². The second-order valence-electron chi connectivity index (χ2n) is 5.39. The molecule has 1 saturated heterocycles. The minimum absolute atomic E-state index is 0.296. The van der Waals surface area contributed by atoms with Crippen LogP contribution in [0.4, 0.5) is 10.5 Å². The standard InChI is InChI=1S/C16H20ClN3O4/c1-3-24-16(23)20-8-6-19(7-9-20)15(22)14(21)18-13-5-4-12(17)10-11(13)2/h4-5,10H,3,6-9H2,1-2H3,(H,18,21). The number of carbonyl (C=O) groups is 3. The Morgan fingerprint density at radius 3 is 2.38 bits per heavy atom. The molecule has 1 N–H and O–H groups in total. The highest BCUT2D eigenvalue weighted by Gasteiger charge is 2.28. The molecule has 0 atom stereocenters. The first-order chi connectivity index (χ1) is 11.4. The fourth-order valence-electron chi connectivity index (χ4n) is 2.39. The highest BCUT2D eigenvalue weighted by Crippen LogP contribution is 2.19. The zero-order valence-electron chi connectivity index (χ0n) is 13.7. The molecular formula is C16H20ClN3O4. The lowest BCUT2D eigenvalue weighted by atomic mass is 10.2. The molecule has 0 spiro atoms. The average Bonchev–Trinajstić information content (AvgIpc) is 2.57. The topological polar surface area (TPSA) is 79.0 Å². The van der Waals surface area contributed by atoms with E-state index in [1.807, 2.05) is 0 Å².